The molecule has 0 unspecified atom stereocenters. The summed E-state index contributed by atoms with van der Waals surface area (Å²) < 4.78 is 39.6. The first-order valence-electron chi connectivity index (χ1n) is 8.42. The van der Waals surface area contributed by atoms with Crippen LogP contribution in [0.2, 0.25) is 0 Å². The van der Waals surface area contributed by atoms with Crippen molar-refractivity contribution in [2.45, 2.75) is 26.9 Å². The first-order valence-corrected chi connectivity index (χ1v) is 9.24. The van der Waals surface area contributed by atoms with Crippen molar-refractivity contribution in [3.8, 4) is 10.6 Å². The van der Waals surface area contributed by atoms with Crippen LogP contribution in [0.25, 0.3) is 10.6 Å². The number of benzene rings is 1. The SMILES string of the molecule is CCN(CC)CCNC(=O)c1sc(-c2ccccc2C(F)(F)F)nc1C. The van der Waals surface area contributed by atoms with E-state index in [1.54, 1.807) is 6.92 Å². The number of aryl methyl sites for hydroxylation is 1. The Balaban J connectivity index is 2.18. The molecule has 0 aliphatic carbocycles. The molecule has 1 N–H and O–H groups in total. The molecule has 1 aromatic carbocycles. The molecule has 8 heteroatoms. The van der Waals surface area contributed by atoms with Gasteiger partial charge in [-0.1, -0.05) is 32.0 Å². The normalized spacial score (nSPS) is 11.8. The van der Waals surface area contributed by atoms with Crippen LogP contribution in [0, 0.1) is 6.92 Å². The predicted octanol–water partition coefficient (Wildman–Crippen LogP) is 4.21. The van der Waals surface area contributed by atoms with Gasteiger partial charge in [-0.3, -0.25) is 4.79 Å². The molecule has 0 radical (unpaired) electrons. The first-order chi connectivity index (χ1) is 12.3. The molecular formula is C18H22F3N3OS. The van der Waals surface area contributed by atoms with Crippen molar-refractivity contribution < 1.29 is 18.0 Å². The first kappa shape index (κ1) is 20.4. The summed E-state index contributed by atoms with van der Waals surface area (Å²) >= 11 is 0.985. The Morgan fingerprint density at radius 1 is 1.23 bits per heavy atom. The van der Waals surface area contributed by atoms with E-state index in [-0.39, 0.29) is 16.5 Å². The summed E-state index contributed by atoms with van der Waals surface area (Å²) in [6.07, 6.45) is -4.47. The van der Waals surface area contributed by atoms with Gasteiger partial charge in [0.25, 0.3) is 5.91 Å². The monoisotopic (exact) mass is 385 g/mol. The molecule has 1 amide bonds. The number of rotatable bonds is 7. The number of amides is 1. The highest BCUT2D eigenvalue weighted by atomic mass is 32.1. The van der Waals surface area contributed by atoms with Gasteiger partial charge in [0, 0.05) is 18.7 Å². The number of halogens is 3. The van der Waals surface area contributed by atoms with E-state index in [1.807, 2.05) is 13.8 Å². The third-order valence-electron chi connectivity index (χ3n) is 4.07. The minimum Gasteiger partial charge on any atom is -0.350 e. The number of hydrogen-bond acceptors (Lipinski definition) is 4. The van der Waals surface area contributed by atoms with E-state index in [2.05, 4.69) is 15.2 Å². The van der Waals surface area contributed by atoms with E-state index >= 15 is 0 Å². The summed E-state index contributed by atoms with van der Waals surface area (Å²) in [4.78, 5) is 19.1. The fourth-order valence-electron chi connectivity index (χ4n) is 2.59. The topological polar surface area (TPSA) is 45.2 Å². The minimum absolute atomic E-state index is 0.00436. The van der Waals surface area contributed by atoms with Crippen LogP contribution in [0.5, 0.6) is 0 Å². The van der Waals surface area contributed by atoms with Gasteiger partial charge >= 0.3 is 6.18 Å². The van der Waals surface area contributed by atoms with E-state index in [0.717, 1.165) is 37.0 Å². The average Bonchev–Trinajstić information content (AvgIpc) is 2.99. The van der Waals surface area contributed by atoms with Gasteiger partial charge in [-0.15, -0.1) is 11.3 Å². The smallest absolute Gasteiger partial charge is 0.350 e. The van der Waals surface area contributed by atoms with Crippen LogP contribution in [0.4, 0.5) is 13.2 Å². The van der Waals surface area contributed by atoms with Gasteiger partial charge in [-0.2, -0.15) is 13.2 Å². The number of carbonyl (C=O) groups excluding carboxylic acids is 1. The highest BCUT2D eigenvalue weighted by molar-refractivity contribution is 7.17. The van der Waals surface area contributed by atoms with Gasteiger partial charge in [0.1, 0.15) is 9.88 Å². The maximum atomic E-state index is 13.2. The molecular weight excluding hydrogens is 363 g/mol. The molecule has 0 atom stereocenters. The number of alkyl halides is 3. The van der Waals surface area contributed by atoms with Gasteiger partial charge in [-0.25, -0.2) is 4.98 Å². The molecule has 2 aromatic rings. The lowest BCUT2D eigenvalue weighted by Gasteiger charge is -2.17. The molecule has 0 spiro atoms. The second-order valence-electron chi connectivity index (χ2n) is 5.76. The van der Waals surface area contributed by atoms with Gasteiger partial charge < -0.3 is 10.2 Å². The van der Waals surface area contributed by atoms with Gasteiger partial charge in [0.15, 0.2) is 0 Å². The van der Waals surface area contributed by atoms with Crippen molar-refractivity contribution in [2.24, 2.45) is 0 Å². The van der Waals surface area contributed by atoms with E-state index < -0.39 is 11.7 Å². The standard InChI is InChI=1S/C18H22F3N3OS/c1-4-24(5-2)11-10-22-16(25)15-12(3)23-17(26-15)13-8-6-7-9-14(13)18(19,20)21/h6-9H,4-5,10-11H2,1-3H3,(H,22,25). The molecule has 0 fully saturated rings. The molecule has 0 saturated heterocycles. The Kier molecular flexibility index (Phi) is 6.77. The van der Waals surface area contributed by atoms with Gasteiger partial charge in [0.2, 0.25) is 0 Å². The molecule has 0 aliphatic heterocycles. The molecule has 0 bridgehead atoms. The van der Waals surface area contributed by atoms with Crippen LogP contribution in [-0.4, -0.2) is 42.0 Å². The van der Waals surface area contributed by atoms with Crippen molar-refractivity contribution in [3.63, 3.8) is 0 Å². The Hall–Kier alpha value is -1.93. The fourth-order valence-corrected chi connectivity index (χ4v) is 3.61. The molecule has 142 valence electrons. The highest BCUT2D eigenvalue weighted by Crippen LogP contribution is 2.38. The summed E-state index contributed by atoms with van der Waals surface area (Å²) in [5.41, 5.74) is -0.320. The Morgan fingerprint density at radius 3 is 2.50 bits per heavy atom. The molecule has 2 rings (SSSR count). The lowest BCUT2D eigenvalue weighted by molar-refractivity contribution is -0.137. The molecule has 4 nitrogen and oxygen atoms in total. The quantitative estimate of drug-likeness (QED) is 0.777. The van der Waals surface area contributed by atoms with E-state index in [0.29, 0.717) is 17.1 Å². The van der Waals surface area contributed by atoms with Crippen molar-refractivity contribution in [1.29, 1.82) is 0 Å². The van der Waals surface area contributed by atoms with E-state index in [9.17, 15) is 18.0 Å². The number of thiazole rings is 1. The summed E-state index contributed by atoms with van der Waals surface area (Å²) in [5.74, 6) is -0.303. The number of carbonyl (C=O) groups is 1. The van der Waals surface area contributed by atoms with Crippen LogP contribution in [-0.2, 0) is 6.18 Å². The second kappa shape index (κ2) is 8.64. The summed E-state index contributed by atoms with van der Waals surface area (Å²) in [6, 6.07) is 5.28. The van der Waals surface area contributed by atoms with Gasteiger partial charge in [0.05, 0.1) is 11.3 Å². The number of aromatic nitrogens is 1. The number of likely N-dealkylation sites (N-methyl/N-ethyl adjacent to an activating group) is 1. The zero-order chi connectivity index (χ0) is 19.3. The maximum Gasteiger partial charge on any atom is 0.417 e. The molecule has 0 saturated carbocycles. The van der Waals surface area contributed by atoms with Crippen LogP contribution in [0.15, 0.2) is 24.3 Å². The third kappa shape index (κ3) is 4.82. The fraction of sp³-hybridized carbons (Fsp3) is 0.444. The Labute approximate surface area is 155 Å². The van der Waals surface area contributed by atoms with E-state index in [4.69, 9.17) is 0 Å². The second-order valence-corrected chi connectivity index (χ2v) is 6.76. The van der Waals surface area contributed by atoms with Crippen LogP contribution < -0.4 is 5.32 Å². The van der Waals surface area contributed by atoms with Crippen LogP contribution in [0.1, 0.15) is 34.8 Å². The molecule has 0 aliphatic rings. The molecule has 1 aromatic heterocycles. The zero-order valence-corrected chi connectivity index (χ0v) is 15.8. The number of nitrogens with one attached hydrogen (secondary N) is 1. The van der Waals surface area contributed by atoms with Crippen molar-refractivity contribution in [2.75, 3.05) is 26.2 Å². The van der Waals surface area contributed by atoms with Gasteiger partial charge in [-0.05, 0) is 26.1 Å². The average molecular weight is 385 g/mol. The van der Waals surface area contributed by atoms with Crippen molar-refractivity contribution >= 4 is 17.2 Å². The number of nitrogens with zero attached hydrogens (tertiary/aromatic N) is 2. The number of hydrogen-bond donors (Lipinski definition) is 1. The molecule has 1 heterocycles. The zero-order valence-electron chi connectivity index (χ0n) is 15.0. The van der Waals surface area contributed by atoms with Crippen molar-refractivity contribution in [3.05, 3.63) is 40.4 Å². The van der Waals surface area contributed by atoms with Crippen molar-refractivity contribution in [1.82, 2.24) is 15.2 Å². The van der Waals surface area contributed by atoms with Crippen LogP contribution >= 0.6 is 11.3 Å². The predicted molar refractivity (Wildman–Crippen MR) is 97.4 cm³/mol. The third-order valence-corrected chi connectivity index (χ3v) is 5.26. The molecule has 26 heavy (non-hydrogen) atoms. The highest BCUT2D eigenvalue weighted by Gasteiger charge is 2.34. The Bertz CT molecular complexity index is 754. The summed E-state index contributed by atoms with van der Waals surface area (Å²) in [5, 5.41) is 3.01. The lowest BCUT2D eigenvalue weighted by Crippen LogP contribution is -2.34. The minimum atomic E-state index is -4.47. The van der Waals surface area contributed by atoms with Crippen LogP contribution in [0.3, 0.4) is 0 Å². The summed E-state index contributed by atoms with van der Waals surface area (Å²) in [6.45, 7) is 8.71. The Morgan fingerprint density at radius 2 is 1.88 bits per heavy atom. The summed E-state index contributed by atoms with van der Waals surface area (Å²) in [7, 11) is 0. The lowest BCUT2D eigenvalue weighted by atomic mass is 10.1. The maximum absolute atomic E-state index is 13.2. The van der Waals surface area contributed by atoms with E-state index in [1.165, 1.54) is 18.2 Å². The largest absolute Gasteiger partial charge is 0.417 e.